The van der Waals surface area contributed by atoms with E-state index in [1.165, 1.54) is 0 Å². The third-order valence-electron chi connectivity index (χ3n) is 4.13. The van der Waals surface area contributed by atoms with Crippen LogP contribution in [0.5, 0.6) is 0 Å². The van der Waals surface area contributed by atoms with E-state index in [9.17, 15) is 4.79 Å². The number of pyridine rings is 1. The molecular formula is C15H16N4O2. The predicted molar refractivity (Wildman–Crippen MR) is 73.5 cm³/mol. The van der Waals surface area contributed by atoms with E-state index >= 15 is 0 Å². The van der Waals surface area contributed by atoms with Gasteiger partial charge in [-0.1, -0.05) is 5.16 Å². The summed E-state index contributed by atoms with van der Waals surface area (Å²) in [5.74, 6) is 1.85. The Morgan fingerprint density at radius 3 is 2.81 bits per heavy atom. The number of aromatic nitrogens is 3. The monoisotopic (exact) mass is 284 g/mol. The molecule has 2 aromatic heterocycles. The number of amides is 1. The van der Waals surface area contributed by atoms with Crippen molar-refractivity contribution in [2.24, 2.45) is 0 Å². The molecule has 2 aliphatic rings. The van der Waals surface area contributed by atoms with Gasteiger partial charge in [0.15, 0.2) is 5.82 Å². The maximum atomic E-state index is 12.6. The lowest BCUT2D eigenvalue weighted by Crippen LogP contribution is -2.30. The van der Waals surface area contributed by atoms with Gasteiger partial charge >= 0.3 is 0 Å². The quantitative estimate of drug-likeness (QED) is 0.865. The summed E-state index contributed by atoms with van der Waals surface area (Å²) in [6.45, 7) is 0.729. The zero-order valence-corrected chi connectivity index (χ0v) is 11.6. The van der Waals surface area contributed by atoms with Gasteiger partial charge in [0.25, 0.3) is 5.91 Å². The summed E-state index contributed by atoms with van der Waals surface area (Å²) in [4.78, 5) is 22.9. The molecule has 21 heavy (non-hydrogen) atoms. The Bertz CT molecular complexity index is 651. The van der Waals surface area contributed by atoms with Gasteiger partial charge in [0.2, 0.25) is 5.89 Å². The lowest BCUT2D eigenvalue weighted by molar-refractivity contribution is 0.0710. The summed E-state index contributed by atoms with van der Waals surface area (Å²) in [5.41, 5.74) is 0.652. The van der Waals surface area contributed by atoms with Crippen molar-refractivity contribution in [1.82, 2.24) is 20.0 Å². The van der Waals surface area contributed by atoms with Crippen LogP contribution in [0.25, 0.3) is 0 Å². The molecule has 0 N–H and O–H groups in total. The van der Waals surface area contributed by atoms with Crippen LogP contribution >= 0.6 is 0 Å². The number of carbonyl (C=O) groups excluding carboxylic acids is 1. The molecule has 1 aliphatic heterocycles. The molecule has 6 nitrogen and oxygen atoms in total. The van der Waals surface area contributed by atoms with E-state index in [0.29, 0.717) is 17.4 Å². The van der Waals surface area contributed by atoms with Gasteiger partial charge in [-0.05, 0) is 37.8 Å². The van der Waals surface area contributed by atoms with Crippen LogP contribution in [0.3, 0.4) is 0 Å². The molecule has 2 aromatic rings. The Labute approximate surface area is 122 Å². The van der Waals surface area contributed by atoms with Crippen LogP contribution in [0.15, 0.2) is 29.0 Å². The molecule has 1 amide bonds. The fourth-order valence-electron chi connectivity index (χ4n) is 2.82. The molecule has 108 valence electrons. The Morgan fingerprint density at radius 2 is 2.05 bits per heavy atom. The summed E-state index contributed by atoms with van der Waals surface area (Å²) in [6, 6.07) is 3.38. The fraction of sp³-hybridized carbons (Fsp3) is 0.467. The normalized spacial score (nSPS) is 21.7. The molecule has 3 heterocycles. The Kier molecular flexibility index (Phi) is 2.94. The first kappa shape index (κ1) is 12.5. The summed E-state index contributed by atoms with van der Waals surface area (Å²) in [6.07, 6.45) is 7.39. The molecule has 2 fully saturated rings. The summed E-state index contributed by atoms with van der Waals surface area (Å²) >= 11 is 0. The van der Waals surface area contributed by atoms with Crippen molar-refractivity contribution in [2.75, 3.05) is 6.54 Å². The maximum Gasteiger partial charge on any atom is 0.254 e. The number of hydrogen-bond donors (Lipinski definition) is 0. The average Bonchev–Trinajstić information content (AvgIpc) is 3.07. The third-order valence-corrected chi connectivity index (χ3v) is 4.13. The van der Waals surface area contributed by atoms with Crippen molar-refractivity contribution in [3.63, 3.8) is 0 Å². The van der Waals surface area contributed by atoms with E-state index in [1.54, 1.807) is 24.5 Å². The molecule has 1 saturated heterocycles. The lowest BCUT2D eigenvalue weighted by atomic mass is 10.2. The highest BCUT2D eigenvalue weighted by Gasteiger charge is 2.36. The van der Waals surface area contributed by atoms with Gasteiger partial charge in [-0.25, -0.2) is 0 Å². The molecule has 4 rings (SSSR count). The SMILES string of the molecule is O=C(c1ccncc1)N1CCCC1c1nc(C2CC2)no1. The van der Waals surface area contributed by atoms with Crippen LogP contribution in [-0.4, -0.2) is 32.5 Å². The molecular weight excluding hydrogens is 268 g/mol. The van der Waals surface area contributed by atoms with Crippen molar-refractivity contribution in [3.05, 3.63) is 41.8 Å². The van der Waals surface area contributed by atoms with Gasteiger partial charge < -0.3 is 9.42 Å². The molecule has 1 saturated carbocycles. The number of rotatable bonds is 3. The van der Waals surface area contributed by atoms with Crippen molar-refractivity contribution in [1.29, 1.82) is 0 Å². The van der Waals surface area contributed by atoms with Crippen LogP contribution in [-0.2, 0) is 0 Å². The van der Waals surface area contributed by atoms with Gasteiger partial charge in [-0.15, -0.1) is 0 Å². The summed E-state index contributed by atoms with van der Waals surface area (Å²) in [5, 5.41) is 4.06. The first-order valence-corrected chi connectivity index (χ1v) is 7.37. The zero-order chi connectivity index (χ0) is 14.2. The van der Waals surface area contributed by atoms with Gasteiger partial charge in [-0.3, -0.25) is 9.78 Å². The summed E-state index contributed by atoms with van der Waals surface area (Å²) < 4.78 is 5.40. The Balaban J connectivity index is 1.58. The van der Waals surface area contributed by atoms with Gasteiger partial charge in [0, 0.05) is 30.4 Å². The van der Waals surface area contributed by atoms with Crippen molar-refractivity contribution >= 4 is 5.91 Å². The highest BCUT2D eigenvalue weighted by Crippen LogP contribution is 2.39. The molecule has 0 aromatic carbocycles. The molecule has 0 radical (unpaired) electrons. The van der Waals surface area contributed by atoms with E-state index in [-0.39, 0.29) is 11.9 Å². The second-order valence-electron chi connectivity index (χ2n) is 5.66. The minimum atomic E-state index is -0.0920. The van der Waals surface area contributed by atoms with E-state index in [4.69, 9.17) is 4.52 Å². The molecule has 0 bridgehead atoms. The molecule has 0 spiro atoms. The zero-order valence-electron chi connectivity index (χ0n) is 11.6. The van der Waals surface area contributed by atoms with Crippen LogP contribution < -0.4 is 0 Å². The molecule has 1 aliphatic carbocycles. The van der Waals surface area contributed by atoms with E-state index < -0.39 is 0 Å². The number of nitrogens with zero attached hydrogens (tertiary/aromatic N) is 4. The minimum absolute atomic E-state index is 0.00562. The molecule has 1 atom stereocenters. The van der Waals surface area contributed by atoms with Gasteiger partial charge in [-0.2, -0.15) is 4.98 Å². The van der Waals surface area contributed by atoms with E-state index in [2.05, 4.69) is 15.1 Å². The standard InChI is InChI=1S/C15H16N4O2/c20-15(11-5-7-16-8-6-11)19-9-1-2-12(19)14-17-13(18-21-14)10-3-4-10/h5-8,10,12H,1-4,9H2. The molecule has 6 heteroatoms. The van der Waals surface area contributed by atoms with Gasteiger partial charge in [0.1, 0.15) is 6.04 Å². The van der Waals surface area contributed by atoms with Crippen molar-refractivity contribution in [2.45, 2.75) is 37.6 Å². The lowest BCUT2D eigenvalue weighted by Gasteiger charge is -2.21. The highest BCUT2D eigenvalue weighted by atomic mass is 16.5. The van der Waals surface area contributed by atoms with Gasteiger partial charge in [0.05, 0.1) is 0 Å². The van der Waals surface area contributed by atoms with Crippen molar-refractivity contribution in [3.8, 4) is 0 Å². The predicted octanol–water partition coefficient (Wildman–Crippen LogP) is 2.32. The van der Waals surface area contributed by atoms with E-state index in [0.717, 1.165) is 38.1 Å². The Hall–Kier alpha value is -2.24. The topological polar surface area (TPSA) is 72.1 Å². The van der Waals surface area contributed by atoms with Crippen LogP contribution in [0, 0.1) is 0 Å². The number of hydrogen-bond acceptors (Lipinski definition) is 5. The molecule has 1 unspecified atom stereocenters. The average molecular weight is 284 g/mol. The minimum Gasteiger partial charge on any atom is -0.337 e. The van der Waals surface area contributed by atoms with Crippen LogP contribution in [0.2, 0.25) is 0 Å². The smallest absolute Gasteiger partial charge is 0.254 e. The van der Waals surface area contributed by atoms with E-state index in [1.807, 2.05) is 4.90 Å². The first-order chi connectivity index (χ1) is 10.3. The second-order valence-corrected chi connectivity index (χ2v) is 5.66. The van der Waals surface area contributed by atoms with Crippen LogP contribution in [0.1, 0.15) is 59.7 Å². The maximum absolute atomic E-state index is 12.6. The second kappa shape index (κ2) is 4.95. The number of carbonyl (C=O) groups is 1. The number of likely N-dealkylation sites (tertiary alicyclic amines) is 1. The first-order valence-electron chi connectivity index (χ1n) is 7.37. The Morgan fingerprint density at radius 1 is 1.24 bits per heavy atom. The van der Waals surface area contributed by atoms with Crippen LogP contribution in [0.4, 0.5) is 0 Å². The van der Waals surface area contributed by atoms with Crippen molar-refractivity contribution < 1.29 is 9.32 Å². The largest absolute Gasteiger partial charge is 0.337 e. The summed E-state index contributed by atoms with van der Waals surface area (Å²) in [7, 11) is 0. The third kappa shape index (κ3) is 2.30. The fourth-order valence-corrected chi connectivity index (χ4v) is 2.82. The highest BCUT2D eigenvalue weighted by molar-refractivity contribution is 5.94.